The van der Waals surface area contributed by atoms with Crippen LogP contribution in [0, 0.1) is 0 Å². The average Bonchev–Trinajstić information content (AvgIpc) is 2.67. The van der Waals surface area contributed by atoms with Gasteiger partial charge in [0, 0.05) is 24.3 Å². The number of para-hydroxylation sites is 1. The Morgan fingerprint density at radius 2 is 1.72 bits per heavy atom. The lowest BCUT2D eigenvalue weighted by Crippen LogP contribution is -2.04. The van der Waals surface area contributed by atoms with Crippen LogP contribution in [0.1, 0.15) is 11.1 Å². The molecular weight excluding hydrogens is 339 g/mol. The third-order valence-electron chi connectivity index (χ3n) is 3.73. The SMILES string of the molecule is FSCCOCc1ccc(CCOc2ncnc3ccccc23)cc1. The Labute approximate surface area is 150 Å². The van der Waals surface area contributed by atoms with Gasteiger partial charge in [0.05, 0.1) is 30.7 Å². The summed E-state index contributed by atoms with van der Waals surface area (Å²) in [6.45, 7) is 1.47. The maximum Gasteiger partial charge on any atom is 0.224 e. The van der Waals surface area contributed by atoms with E-state index in [1.807, 2.05) is 36.4 Å². The molecule has 0 aliphatic rings. The fourth-order valence-corrected chi connectivity index (χ4v) is 2.62. The molecule has 0 saturated carbocycles. The molecule has 2 aromatic carbocycles. The van der Waals surface area contributed by atoms with Gasteiger partial charge in [-0.25, -0.2) is 9.97 Å². The maximum atomic E-state index is 11.9. The number of benzene rings is 2. The van der Waals surface area contributed by atoms with E-state index in [2.05, 4.69) is 22.1 Å². The van der Waals surface area contributed by atoms with Crippen LogP contribution in [0.5, 0.6) is 5.88 Å². The molecular formula is C19H19FN2O2S. The molecule has 130 valence electrons. The Morgan fingerprint density at radius 3 is 2.56 bits per heavy atom. The second-order valence-electron chi connectivity index (χ2n) is 5.48. The number of nitrogens with zero attached hydrogens (tertiary/aromatic N) is 2. The van der Waals surface area contributed by atoms with Crippen LogP contribution in [-0.4, -0.2) is 28.9 Å². The van der Waals surface area contributed by atoms with E-state index in [0.717, 1.165) is 22.9 Å². The standard InChI is InChI=1S/C19H19FN2O2S/c20-25-12-11-23-13-16-7-5-15(6-8-16)9-10-24-19-17-3-1-2-4-18(17)21-14-22-19/h1-8,14H,9-13H2. The van der Waals surface area contributed by atoms with E-state index in [9.17, 15) is 3.89 Å². The van der Waals surface area contributed by atoms with Crippen molar-refractivity contribution in [2.75, 3.05) is 19.0 Å². The highest BCUT2D eigenvalue weighted by atomic mass is 32.2. The molecule has 6 heteroatoms. The molecule has 1 heterocycles. The molecule has 4 nitrogen and oxygen atoms in total. The largest absolute Gasteiger partial charge is 0.477 e. The zero-order valence-corrected chi connectivity index (χ0v) is 14.5. The van der Waals surface area contributed by atoms with Gasteiger partial charge in [0.2, 0.25) is 5.88 Å². The monoisotopic (exact) mass is 358 g/mol. The first kappa shape index (κ1) is 17.6. The van der Waals surface area contributed by atoms with Gasteiger partial charge in [-0.15, -0.1) is 0 Å². The van der Waals surface area contributed by atoms with Crippen molar-refractivity contribution in [3.05, 3.63) is 66.0 Å². The van der Waals surface area contributed by atoms with Crippen molar-refractivity contribution in [2.24, 2.45) is 0 Å². The first-order valence-electron chi connectivity index (χ1n) is 8.08. The third kappa shape index (κ3) is 5.14. The van der Waals surface area contributed by atoms with Crippen LogP contribution in [0.4, 0.5) is 3.89 Å². The van der Waals surface area contributed by atoms with Gasteiger partial charge < -0.3 is 9.47 Å². The van der Waals surface area contributed by atoms with E-state index in [-0.39, 0.29) is 0 Å². The number of ether oxygens (including phenoxy) is 2. The number of rotatable bonds is 9. The first-order valence-corrected chi connectivity index (χ1v) is 8.97. The van der Waals surface area contributed by atoms with Crippen molar-refractivity contribution in [1.29, 1.82) is 0 Å². The number of hydrogen-bond donors (Lipinski definition) is 0. The molecule has 0 saturated heterocycles. The lowest BCUT2D eigenvalue weighted by Gasteiger charge is -2.08. The van der Waals surface area contributed by atoms with Gasteiger partial charge in [0.25, 0.3) is 0 Å². The van der Waals surface area contributed by atoms with Crippen LogP contribution in [0.25, 0.3) is 10.9 Å². The number of fused-ring (bicyclic) bond motifs is 1. The Kier molecular flexibility index (Phi) is 6.59. The molecule has 3 rings (SSSR count). The smallest absolute Gasteiger partial charge is 0.224 e. The second kappa shape index (κ2) is 9.34. The summed E-state index contributed by atoms with van der Waals surface area (Å²) in [5.41, 5.74) is 3.14. The molecule has 1 aromatic heterocycles. The van der Waals surface area contributed by atoms with Gasteiger partial charge in [-0.1, -0.05) is 36.4 Å². The van der Waals surface area contributed by atoms with Crippen molar-refractivity contribution >= 4 is 23.1 Å². The normalized spacial score (nSPS) is 10.9. The van der Waals surface area contributed by atoms with Crippen LogP contribution in [0.2, 0.25) is 0 Å². The van der Waals surface area contributed by atoms with Crippen molar-refractivity contribution in [3.63, 3.8) is 0 Å². The highest BCUT2D eigenvalue weighted by Crippen LogP contribution is 2.20. The number of hydrogen-bond acceptors (Lipinski definition) is 5. The summed E-state index contributed by atoms with van der Waals surface area (Å²) in [7, 11) is 0. The van der Waals surface area contributed by atoms with E-state index >= 15 is 0 Å². The molecule has 0 N–H and O–H groups in total. The first-order chi connectivity index (χ1) is 12.4. The van der Waals surface area contributed by atoms with Crippen LogP contribution in [0.15, 0.2) is 54.9 Å². The summed E-state index contributed by atoms with van der Waals surface area (Å²) in [5.74, 6) is 0.981. The van der Waals surface area contributed by atoms with Gasteiger partial charge >= 0.3 is 0 Å². The molecule has 0 fully saturated rings. The summed E-state index contributed by atoms with van der Waals surface area (Å²) in [6.07, 6.45) is 2.31. The summed E-state index contributed by atoms with van der Waals surface area (Å²) in [4.78, 5) is 8.45. The Bertz CT molecular complexity index is 794. The van der Waals surface area contributed by atoms with E-state index in [1.165, 1.54) is 11.9 Å². The summed E-state index contributed by atoms with van der Waals surface area (Å²) >= 11 is 0.299. The molecule has 0 amide bonds. The molecule has 25 heavy (non-hydrogen) atoms. The van der Waals surface area contributed by atoms with Crippen molar-refractivity contribution in [3.8, 4) is 5.88 Å². The molecule has 3 aromatic rings. The Balaban J connectivity index is 1.50. The predicted molar refractivity (Wildman–Crippen MR) is 98.4 cm³/mol. The third-order valence-corrected chi connectivity index (χ3v) is 4.05. The Morgan fingerprint density at radius 1 is 0.920 bits per heavy atom. The quantitative estimate of drug-likeness (QED) is 0.531. The minimum atomic E-state index is 0.299. The van der Waals surface area contributed by atoms with Crippen molar-refractivity contribution < 1.29 is 13.4 Å². The van der Waals surface area contributed by atoms with Crippen LogP contribution >= 0.6 is 12.1 Å². The number of aromatic nitrogens is 2. The lowest BCUT2D eigenvalue weighted by atomic mass is 10.1. The molecule has 0 unspecified atom stereocenters. The summed E-state index contributed by atoms with van der Waals surface area (Å²) in [5, 5.41) is 0.920. The van der Waals surface area contributed by atoms with E-state index in [1.54, 1.807) is 0 Å². The summed E-state index contributed by atoms with van der Waals surface area (Å²) in [6, 6.07) is 16.0. The minimum absolute atomic E-state index is 0.299. The summed E-state index contributed by atoms with van der Waals surface area (Å²) < 4.78 is 23.1. The minimum Gasteiger partial charge on any atom is -0.477 e. The molecule has 0 atom stereocenters. The van der Waals surface area contributed by atoms with E-state index in [4.69, 9.17) is 9.47 Å². The van der Waals surface area contributed by atoms with Crippen LogP contribution < -0.4 is 4.74 Å². The van der Waals surface area contributed by atoms with Crippen molar-refractivity contribution in [2.45, 2.75) is 13.0 Å². The predicted octanol–water partition coefficient (Wildman–Crippen LogP) is 4.39. The van der Waals surface area contributed by atoms with Crippen molar-refractivity contribution in [1.82, 2.24) is 9.97 Å². The average molecular weight is 358 g/mol. The topological polar surface area (TPSA) is 44.2 Å². The van der Waals surface area contributed by atoms with Gasteiger partial charge in [-0.3, -0.25) is 0 Å². The highest BCUT2D eigenvalue weighted by molar-refractivity contribution is 7.94. The van der Waals surface area contributed by atoms with Gasteiger partial charge in [-0.05, 0) is 23.3 Å². The highest BCUT2D eigenvalue weighted by Gasteiger charge is 2.04. The molecule has 0 bridgehead atoms. The zero-order chi connectivity index (χ0) is 17.3. The molecule has 0 aliphatic carbocycles. The van der Waals surface area contributed by atoms with E-state index in [0.29, 0.717) is 43.6 Å². The fraction of sp³-hybridized carbons (Fsp3) is 0.263. The van der Waals surface area contributed by atoms with Gasteiger partial charge in [0.15, 0.2) is 0 Å². The molecule has 0 aliphatic heterocycles. The molecule has 0 radical (unpaired) electrons. The maximum absolute atomic E-state index is 11.9. The van der Waals surface area contributed by atoms with Crippen LogP contribution in [-0.2, 0) is 17.8 Å². The lowest BCUT2D eigenvalue weighted by molar-refractivity contribution is 0.136. The number of halogens is 1. The zero-order valence-electron chi connectivity index (χ0n) is 13.7. The molecule has 0 spiro atoms. The van der Waals surface area contributed by atoms with Crippen LogP contribution in [0.3, 0.4) is 0 Å². The van der Waals surface area contributed by atoms with Gasteiger partial charge in [-0.2, -0.15) is 3.89 Å². The Hall–Kier alpha value is -2.18. The fourth-order valence-electron chi connectivity index (χ4n) is 2.44. The van der Waals surface area contributed by atoms with Gasteiger partial charge in [0.1, 0.15) is 6.33 Å². The van der Waals surface area contributed by atoms with E-state index < -0.39 is 0 Å². The second-order valence-corrected chi connectivity index (χ2v) is 6.10.